The van der Waals surface area contributed by atoms with Gasteiger partial charge in [0.25, 0.3) is 0 Å². The molecule has 0 aromatic heterocycles. The van der Waals surface area contributed by atoms with Crippen molar-refractivity contribution in [1.29, 1.82) is 0 Å². The summed E-state index contributed by atoms with van der Waals surface area (Å²) in [6.45, 7) is 7.03. The van der Waals surface area contributed by atoms with E-state index in [1.54, 1.807) is 0 Å². The first-order chi connectivity index (χ1) is 8.79. The van der Waals surface area contributed by atoms with Gasteiger partial charge < -0.3 is 4.74 Å². The quantitative estimate of drug-likeness (QED) is 0.705. The summed E-state index contributed by atoms with van der Waals surface area (Å²) in [7, 11) is 0. The largest absolute Gasteiger partial charge is 0.363 e. The Bertz CT molecular complexity index is 280. The second-order valence-electron chi connectivity index (χ2n) is 6.83. The van der Waals surface area contributed by atoms with Crippen LogP contribution in [0.25, 0.3) is 0 Å². The van der Waals surface area contributed by atoms with Gasteiger partial charge in [-0.05, 0) is 43.4 Å². The van der Waals surface area contributed by atoms with Crippen molar-refractivity contribution in [2.24, 2.45) is 17.8 Å². The van der Waals surface area contributed by atoms with Gasteiger partial charge in [0, 0.05) is 12.6 Å². The van der Waals surface area contributed by atoms with Crippen LogP contribution in [-0.4, -0.2) is 30.3 Å². The molecule has 3 fully saturated rings. The molecule has 0 N–H and O–H groups in total. The first-order valence-corrected chi connectivity index (χ1v) is 8.15. The van der Waals surface area contributed by atoms with Gasteiger partial charge >= 0.3 is 0 Å². The van der Waals surface area contributed by atoms with Crippen LogP contribution in [0.15, 0.2) is 0 Å². The van der Waals surface area contributed by atoms with Crippen LogP contribution >= 0.6 is 0 Å². The first kappa shape index (κ1) is 12.9. The van der Waals surface area contributed by atoms with Crippen LogP contribution in [0.5, 0.6) is 0 Å². The number of fused-ring (bicyclic) bond motifs is 2. The van der Waals surface area contributed by atoms with Gasteiger partial charge in [0.2, 0.25) is 0 Å². The Hall–Kier alpha value is -0.0800. The summed E-state index contributed by atoms with van der Waals surface area (Å²) in [5.74, 6) is 2.60. The highest BCUT2D eigenvalue weighted by atomic mass is 16.5. The third-order valence-corrected chi connectivity index (χ3v) is 5.90. The van der Waals surface area contributed by atoms with E-state index in [1.807, 2.05) is 0 Å². The van der Waals surface area contributed by atoms with E-state index in [9.17, 15) is 0 Å². The van der Waals surface area contributed by atoms with E-state index in [4.69, 9.17) is 4.74 Å². The Morgan fingerprint density at radius 1 is 1.11 bits per heavy atom. The van der Waals surface area contributed by atoms with Crippen molar-refractivity contribution in [3.63, 3.8) is 0 Å². The number of piperidine rings is 1. The molecule has 2 heteroatoms. The molecule has 1 aliphatic carbocycles. The average Bonchev–Trinajstić information content (AvgIpc) is 2.57. The first-order valence-electron chi connectivity index (χ1n) is 8.15. The molecule has 3 aliphatic rings. The van der Waals surface area contributed by atoms with Crippen LogP contribution in [-0.2, 0) is 4.74 Å². The monoisotopic (exact) mass is 251 g/mol. The van der Waals surface area contributed by atoms with E-state index < -0.39 is 0 Å². The summed E-state index contributed by atoms with van der Waals surface area (Å²) in [6, 6.07) is 0.806. The van der Waals surface area contributed by atoms with Crippen molar-refractivity contribution >= 4 is 0 Å². The van der Waals surface area contributed by atoms with Crippen LogP contribution < -0.4 is 0 Å². The van der Waals surface area contributed by atoms with E-state index >= 15 is 0 Å². The van der Waals surface area contributed by atoms with Crippen molar-refractivity contribution in [3.05, 3.63) is 0 Å². The molecular formula is C16H29NO. The molecule has 0 amide bonds. The molecule has 0 aromatic carbocycles. The molecule has 3 rings (SSSR count). The number of ether oxygens (including phenoxy) is 1. The Labute approximate surface area is 112 Å². The van der Waals surface area contributed by atoms with Crippen molar-refractivity contribution in [2.75, 3.05) is 13.3 Å². The minimum absolute atomic E-state index is 0.569. The standard InChI is InChI=1S/C16H29NO/c1-3-13-8-9-15-12(2)14-6-4-5-7-16(14)18-11-17(15)10-13/h12-16H,3-11H2,1-2H3/t12-,13+,14-,15-,16+/m0/s1. The van der Waals surface area contributed by atoms with E-state index in [0.717, 1.165) is 30.5 Å². The normalized spacial score (nSPS) is 46.0. The van der Waals surface area contributed by atoms with Crippen molar-refractivity contribution in [2.45, 2.75) is 70.9 Å². The van der Waals surface area contributed by atoms with Gasteiger partial charge in [-0.3, -0.25) is 4.90 Å². The zero-order valence-electron chi connectivity index (χ0n) is 12.1. The molecule has 5 atom stereocenters. The maximum absolute atomic E-state index is 6.27. The fourth-order valence-corrected chi connectivity index (χ4v) is 4.64. The fraction of sp³-hybridized carbons (Fsp3) is 1.00. The van der Waals surface area contributed by atoms with Gasteiger partial charge in [-0.25, -0.2) is 0 Å². The van der Waals surface area contributed by atoms with Gasteiger partial charge in [-0.2, -0.15) is 0 Å². The molecule has 1 saturated carbocycles. The third-order valence-electron chi connectivity index (χ3n) is 5.90. The molecule has 0 aromatic rings. The Balaban J connectivity index is 1.73. The maximum Gasteiger partial charge on any atom is 0.0996 e. The average molecular weight is 251 g/mol. The molecule has 0 spiro atoms. The number of hydrogen-bond donors (Lipinski definition) is 0. The second kappa shape index (κ2) is 5.50. The summed E-state index contributed by atoms with van der Waals surface area (Å²) in [5.41, 5.74) is 0. The fourth-order valence-electron chi connectivity index (χ4n) is 4.64. The molecule has 2 aliphatic heterocycles. The summed E-state index contributed by atoms with van der Waals surface area (Å²) >= 11 is 0. The lowest BCUT2D eigenvalue weighted by Crippen LogP contribution is -2.47. The predicted molar refractivity (Wildman–Crippen MR) is 74.4 cm³/mol. The summed E-state index contributed by atoms with van der Waals surface area (Å²) in [5, 5.41) is 0. The topological polar surface area (TPSA) is 12.5 Å². The minimum atomic E-state index is 0.569. The number of hydrogen-bond acceptors (Lipinski definition) is 2. The number of nitrogens with zero attached hydrogens (tertiary/aromatic N) is 1. The van der Waals surface area contributed by atoms with Gasteiger partial charge in [-0.15, -0.1) is 0 Å². The zero-order chi connectivity index (χ0) is 12.5. The van der Waals surface area contributed by atoms with Crippen LogP contribution in [0, 0.1) is 17.8 Å². The van der Waals surface area contributed by atoms with Crippen molar-refractivity contribution in [1.82, 2.24) is 4.90 Å². The lowest BCUT2D eigenvalue weighted by molar-refractivity contribution is -0.0526. The second-order valence-corrected chi connectivity index (χ2v) is 6.83. The molecule has 0 radical (unpaired) electrons. The number of rotatable bonds is 1. The highest BCUT2D eigenvalue weighted by Crippen LogP contribution is 2.41. The van der Waals surface area contributed by atoms with Crippen LogP contribution in [0.1, 0.15) is 58.8 Å². The molecular weight excluding hydrogens is 222 g/mol. The van der Waals surface area contributed by atoms with Crippen LogP contribution in [0.2, 0.25) is 0 Å². The molecule has 2 heterocycles. The minimum Gasteiger partial charge on any atom is -0.363 e. The van der Waals surface area contributed by atoms with E-state index in [0.29, 0.717) is 6.10 Å². The molecule has 2 saturated heterocycles. The predicted octanol–water partition coefficient (Wildman–Crippen LogP) is 3.66. The smallest absolute Gasteiger partial charge is 0.0996 e. The summed E-state index contributed by atoms with van der Waals surface area (Å²) in [6.07, 6.45) is 10.3. The Kier molecular flexibility index (Phi) is 3.95. The van der Waals surface area contributed by atoms with Gasteiger partial charge in [-0.1, -0.05) is 33.1 Å². The molecule has 0 unspecified atom stereocenters. The van der Waals surface area contributed by atoms with E-state index in [-0.39, 0.29) is 0 Å². The molecule has 18 heavy (non-hydrogen) atoms. The summed E-state index contributed by atoms with van der Waals surface area (Å²) < 4.78 is 6.27. The highest BCUT2D eigenvalue weighted by Gasteiger charge is 2.41. The Morgan fingerprint density at radius 2 is 1.94 bits per heavy atom. The summed E-state index contributed by atoms with van der Waals surface area (Å²) in [4.78, 5) is 2.67. The maximum atomic E-state index is 6.27. The lowest BCUT2D eigenvalue weighted by atomic mass is 9.73. The molecule has 2 nitrogen and oxygen atoms in total. The van der Waals surface area contributed by atoms with Gasteiger partial charge in [0.15, 0.2) is 0 Å². The zero-order valence-corrected chi connectivity index (χ0v) is 12.1. The van der Waals surface area contributed by atoms with Gasteiger partial charge in [0.05, 0.1) is 12.8 Å². The van der Waals surface area contributed by atoms with Crippen molar-refractivity contribution in [3.8, 4) is 0 Å². The van der Waals surface area contributed by atoms with Gasteiger partial charge in [0.1, 0.15) is 0 Å². The van der Waals surface area contributed by atoms with E-state index in [2.05, 4.69) is 18.7 Å². The molecule has 104 valence electrons. The third kappa shape index (κ3) is 2.34. The molecule has 0 bridgehead atoms. The Morgan fingerprint density at radius 3 is 2.78 bits per heavy atom. The lowest BCUT2D eigenvalue weighted by Gasteiger charge is -2.42. The highest BCUT2D eigenvalue weighted by molar-refractivity contribution is 4.92. The van der Waals surface area contributed by atoms with Crippen LogP contribution in [0.3, 0.4) is 0 Å². The van der Waals surface area contributed by atoms with Crippen LogP contribution in [0.4, 0.5) is 0 Å². The van der Waals surface area contributed by atoms with Crippen molar-refractivity contribution < 1.29 is 4.74 Å². The SMILES string of the molecule is CC[C@@H]1CC[C@H]2[C@@H](C)[C@@H]3CCCC[C@H]3OCN2C1. The van der Waals surface area contributed by atoms with E-state index in [1.165, 1.54) is 51.5 Å².